The topological polar surface area (TPSA) is 107 Å². The Morgan fingerprint density at radius 2 is 1.67 bits per heavy atom. The van der Waals surface area contributed by atoms with Gasteiger partial charge in [0, 0.05) is 12.1 Å². The molecule has 0 atom stereocenters. The van der Waals surface area contributed by atoms with Crippen molar-refractivity contribution in [2.45, 2.75) is 0 Å². The molecule has 0 fully saturated rings. The fraction of sp³-hybridized carbons (Fsp3) is 0.0625. The van der Waals surface area contributed by atoms with Crippen molar-refractivity contribution < 1.29 is 24.0 Å². The van der Waals surface area contributed by atoms with Crippen LogP contribution in [0.15, 0.2) is 42.5 Å². The Labute approximate surface area is 135 Å². The van der Waals surface area contributed by atoms with Crippen molar-refractivity contribution in [1.82, 2.24) is 0 Å². The molecule has 0 unspecified atom stereocenters. The third-order valence-corrected chi connectivity index (χ3v) is 3.63. The van der Waals surface area contributed by atoms with Crippen LogP contribution in [0.2, 0.25) is 0 Å². The van der Waals surface area contributed by atoms with Crippen molar-refractivity contribution in [3.8, 4) is 0 Å². The van der Waals surface area contributed by atoms with Gasteiger partial charge in [-0.25, -0.2) is 9.69 Å². The average molecular weight is 326 g/mol. The van der Waals surface area contributed by atoms with E-state index < -0.39 is 22.7 Å². The number of nitro groups is 1. The smallest absolute Gasteiger partial charge is 0.337 e. The van der Waals surface area contributed by atoms with E-state index in [-0.39, 0.29) is 28.1 Å². The lowest BCUT2D eigenvalue weighted by Gasteiger charge is -2.14. The maximum absolute atomic E-state index is 12.4. The SMILES string of the molecule is COC(=O)c1ccc(N2C(=O)c3ccc([N+](=O)[O-])cc3C2=O)cc1. The maximum atomic E-state index is 12.4. The van der Waals surface area contributed by atoms with Gasteiger partial charge in [0.1, 0.15) is 0 Å². The first kappa shape index (κ1) is 15.3. The number of carbonyl (C=O) groups is 3. The highest BCUT2D eigenvalue weighted by molar-refractivity contribution is 6.34. The van der Waals surface area contributed by atoms with Gasteiger partial charge in [0.05, 0.1) is 34.4 Å². The molecule has 8 nitrogen and oxygen atoms in total. The van der Waals surface area contributed by atoms with Crippen molar-refractivity contribution in [2.24, 2.45) is 0 Å². The lowest BCUT2D eigenvalue weighted by molar-refractivity contribution is -0.384. The highest BCUT2D eigenvalue weighted by Crippen LogP contribution is 2.30. The molecule has 8 heteroatoms. The molecule has 2 amide bonds. The normalized spacial score (nSPS) is 13.0. The maximum Gasteiger partial charge on any atom is 0.337 e. The minimum absolute atomic E-state index is 0.0220. The van der Waals surface area contributed by atoms with Crippen molar-refractivity contribution in [2.75, 3.05) is 12.0 Å². The summed E-state index contributed by atoms with van der Waals surface area (Å²) in [6, 6.07) is 9.23. The molecule has 0 saturated heterocycles. The van der Waals surface area contributed by atoms with Gasteiger partial charge in [-0.15, -0.1) is 0 Å². The molecule has 0 saturated carbocycles. The molecule has 2 aromatic rings. The lowest BCUT2D eigenvalue weighted by Crippen LogP contribution is -2.29. The van der Waals surface area contributed by atoms with Crippen LogP contribution in [0.25, 0.3) is 0 Å². The Kier molecular flexibility index (Phi) is 3.57. The summed E-state index contributed by atoms with van der Waals surface area (Å²) in [6.07, 6.45) is 0. The molecule has 1 aliphatic heterocycles. The number of hydrogen-bond donors (Lipinski definition) is 0. The van der Waals surface area contributed by atoms with Gasteiger partial charge >= 0.3 is 5.97 Å². The largest absolute Gasteiger partial charge is 0.465 e. The number of nitro benzene ring substituents is 1. The summed E-state index contributed by atoms with van der Waals surface area (Å²) in [5.74, 6) is -1.76. The Hall–Kier alpha value is -3.55. The van der Waals surface area contributed by atoms with Crippen molar-refractivity contribution in [1.29, 1.82) is 0 Å². The van der Waals surface area contributed by atoms with E-state index in [9.17, 15) is 24.5 Å². The van der Waals surface area contributed by atoms with E-state index in [1.165, 1.54) is 43.5 Å². The number of hydrogen-bond acceptors (Lipinski definition) is 6. The zero-order chi connectivity index (χ0) is 17.4. The second-order valence-electron chi connectivity index (χ2n) is 4.97. The number of rotatable bonds is 3. The second-order valence-corrected chi connectivity index (χ2v) is 4.97. The van der Waals surface area contributed by atoms with Gasteiger partial charge in [-0.05, 0) is 30.3 Å². The highest BCUT2D eigenvalue weighted by atomic mass is 16.6. The first-order chi connectivity index (χ1) is 11.4. The summed E-state index contributed by atoms with van der Waals surface area (Å²) < 4.78 is 4.58. The summed E-state index contributed by atoms with van der Waals surface area (Å²) in [7, 11) is 1.24. The van der Waals surface area contributed by atoms with Gasteiger partial charge in [0.2, 0.25) is 0 Å². The third kappa shape index (κ3) is 2.30. The number of methoxy groups -OCH3 is 1. The number of fused-ring (bicyclic) bond motifs is 1. The molecule has 1 aliphatic rings. The van der Waals surface area contributed by atoms with E-state index in [1.807, 2.05) is 0 Å². The highest BCUT2D eigenvalue weighted by Gasteiger charge is 2.37. The molecule has 0 bridgehead atoms. The molecular formula is C16H10N2O6. The molecule has 0 aromatic heterocycles. The molecule has 0 spiro atoms. The van der Waals surface area contributed by atoms with Gasteiger partial charge in [-0.2, -0.15) is 0 Å². The fourth-order valence-electron chi connectivity index (χ4n) is 2.44. The third-order valence-electron chi connectivity index (χ3n) is 3.63. The molecular weight excluding hydrogens is 316 g/mol. The number of benzene rings is 2. The number of amides is 2. The van der Waals surface area contributed by atoms with Crippen LogP contribution in [-0.2, 0) is 4.74 Å². The van der Waals surface area contributed by atoms with Gasteiger partial charge < -0.3 is 4.74 Å². The molecule has 2 aromatic carbocycles. The molecule has 24 heavy (non-hydrogen) atoms. The molecule has 0 N–H and O–H groups in total. The van der Waals surface area contributed by atoms with Crippen molar-refractivity contribution in [3.63, 3.8) is 0 Å². The summed E-state index contributed by atoms with van der Waals surface area (Å²) in [5.41, 5.74) is 0.344. The molecule has 120 valence electrons. The van der Waals surface area contributed by atoms with E-state index in [4.69, 9.17) is 0 Å². The zero-order valence-electron chi connectivity index (χ0n) is 12.4. The fourth-order valence-corrected chi connectivity index (χ4v) is 2.44. The van der Waals surface area contributed by atoms with Gasteiger partial charge in [0.25, 0.3) is 17.5 Å². The number of imide groups is 1. The van der Waals surface area contributed by atoms with Gasteiger partial charge in [-0.3, -0.25) is 19.7 Å². The standard InChI is InChI=1S/C16H10N2O6/c1-24-16(21)9-2-4-10(5-3-9)17-14(19)12-7-6-11(18(22)23)8-13(12)15(17)20/h2-8H,1H3. The first-order valence-electron chi connectivity index (χ1n) is 6.79. The summed E-state index contributed by atoms with van der Waals surface area (Å²) in [4.78, 5) is 47.4. The minimum Gasteiger partial charge on any atom is -0.465 e. The Bertz CT molecular complexity index is 888. The summed E-state index contributed by atoms with van der Waals surface area (Å²) in [5, 5.41) is 10.8. The van der Waals surface area contributed by atoms with E-state index in [0.29, 0.717) is 0 Å². The van der Waals surface area contributed by atoms with Gasteiger partial charge in [0.15, 0.2) is 0 Å². The van der Waals surface area contributed by atoms with Crippen LogP contribution in [0.3, 0.4) is 0 Å². The van der Waals surface area contributed by atoms with Crippen LogP contribution in [0, 0.1) is 10.1 Å². The molecule has 0 aliphatic carbocycles. The molecule has 0 radical (unpaired) electrons. The molecule has 3 rings (SSSR count). The van der Waals surface area contributed by atoms with E-state index in [1.54, 1.807) is 0 Å². The number of ether oxygens (including phenoxy) is 1. The quantitative estimate of drug-likeness (QED) is 0.370. The van der Waals surface area contributed by atoms with E-state index in [0.717, 1.165) is 11.0 Å². The number of carbonyl (C=O) groups excluding carboxylic acids is 3. The molecule has 1 heterocycles. The van der Waals surface area contributed by atoms with Crippen LogP contribution >= 0.6 is 0 Å². The van der Waals surface area contributed by atoms with E-state index >= 15 is 0 Å². The Morgan fingerprint density at radius 3 is 2.25 bits per heavy atom. The van der Waals surface area contributed by atoms with Crippen molar-refractivity contribution >= 4 is 29.2 Å². The number of anilines is 1. The van der Waals surface area contributed by atoms with Crippen LogP contribution in [0.5, 0.6) is 0 Å². The van der Waals surface area contributed by atoms with Crippen LogP contribution in [0.4, 0.5) is 11.4 Å². The second kappa shape index (κ2) is 5.58. The number of non-ortho nitro benzene ring substituents is 1. The average Bonchev–Trinajstić information content (AvgIpc) is 2.85. The predicted octanol–water partition coefficient (Wildman–Crippen LogP) is 2.18. The van der Waals surface area contributed by atoms with Crippen LogP contribution in [-0.4, -0.2) is 29.8 Å². The predicted molar refractivity (Wildman–Crippen MR) is 82.0 cm³/mol. The lowest BCUT2D eigenvalue weighted by atomic mass is 10.1. The van der Waals surface area contributed by atoms with Gasteiger partial charge in [-0.1, -0.05) is 0 Å². The van der Waals surface area contributed by atoms with Crippen molar-refractivity contribution in [3.05, 3.63) is 69.3 Å². The Morgan fingerprint density at radius 1 is 1.04 bits per heavy atom. The van der Waals surface area contributed by atoms with E-state index in [2.05, 4.69) is 4.74 Å². The number of esters is 1. The monoisotopic (exact) mass is 326 g/mol. The number of nitrogens with zero attached hydrogens (tertiary/aromatic N) is 2. The first-order valence-corrected chi connectivity index (χ1v) is 6.79. The minimum atomic E-state index is -0.649. The zero-order valence-corrected chi connectivity index (χ0v) is 12.4. The van der Waals surface area contributed by atoms with Crippen LogP contribution < -0.4 is 4.90 Å². The van der Waals surface area contributed by atoms with Crippen LogP contribution in [0.1, 0.15) is 31.1 Å². The Balaban J connectivity index is 1.99. The summed E-state index contributed by atoms with van der Waals surface area (Å²) >= 11 is 0. The summed E-state index contributed by atoms with van der Waals surface area (Å²) in [6.45, 7) is 0.